The first kappa shape index (κ1) is 36.2. The Morgan fingerprint density at radius 1 is 0.280 bits per heavy atom. The summed E-state index contributed by atoms with van der Waals surface area (Å²) in [5.41, 5.74) is 29.7. The van der Waals surface area contributed by atoms with Crippen LogP contribution in [0.1, 0.15) is 0 Å². The van der Waals surface area contributed by atoms with Gasteiger partial charge in [0.1, 0.15) is 0 Å². The number of rotatable bonds is 9. The standard InChI is InChI=1S/3C6H18As2.Ni/c3*1-7(2)5-6-8(3)4;/h3*7-8H,5-6H2,1-4H3;. The predicted octanol–water partition coefficient (Wildman–Crippen LogP) is 5.88. The molecular formula is C18H54As6Ni. The van der Waals surface area contributed by atoms with Gasteiger partial charge in [-0.2, -0.15) is 0 Å². The van der Waals surface area contributed by atoms with Gasteiger partial charge in [0.25, 0.3) is 0 Å². The van der Waals surface area contributed by atoms with Crippen molar-refractivity contribution in [2.24, 2.45) is 0 Å². The molecule has 0 aromatic heterocycles. The van der Waals surface area contributed by atoms with E-state index in [4.69, 9.17) is 0 Å². The molecule has 166 valence electrons. The molecule has 7 heteroatoms. The molecule has 6 radical (unpaired) electrons. The van der Waals surface area contributed by atoms with Crippen LogP contribution in [0.3, 0.4) is 0 Å². The Bertz CT molecular complexity index is 172. The van der Waals surface area contributed by atoms with Gasteiger partial charge in [0.05, 0.1) is 0 Å². The predicted molar refractivity (Wildman–Crippen MR) is 142 cm³/mol. The van der Waals surface area contributed by atoms with E-state index in [2.05, 4.69) is 68.5 Å². The maximum Gasteiger partial charge on any atom is 0 e. The summed E-state index contributed by atoms with van der Waals surface area (Å²) in [6, 6.07) is 0. The molecule has 0 saturated carbocycles. The van der Waals surface area contributed by atoms with Crippen molar-refractivity contribution >= 4 is 87.9 Å². The Kier molecular flexibility index (Phi) is 37.5. The third-order valence-corrected chi connectivity index (χ3v) is 25.7. The van der Waals surface area contributed by atoms with E-state index in [0.29, 0.717) is 0 Å². The van der Waals surface area contributed by atoms with E-state index in [9.17, 15) is 0 Å². The summed E-state index contributed by atoms with van der Waals surface area (Å²) >= 11 is -2.45. The van der Waals surface area contributed by atoms with Gasteiger partial charge < -0.3 is 0 Å². The van der Waals surface area contributed by atoms with Crippen molar-refractivity contribution in [1.29, 1.82) is 0 Å². The number of hydrogen-bond acceptors (Lipinski definition) is 0. The average molecular weight is 779 g/mol. The first-order valence-corrected chi connectivity index (χ1v) is 43.7. The largest absolute Gasteiger partial charge is 0 e. The van der Waals surface area contributed by atoms with Crippen molar-refractivity contribution in [2.45, 2.75) is 99.8 Å². The summed E-state index contributed by atoms with van der Waals surface area (Å²) in [4.78, 5) is 0. The molecule has 0 saturated heterocycles. The van der Waals surface area contributed by atoms with Crippen LogP contribution in [0.25, 0.3) is 0 Å². The summed E-state index contributed by atoms with van der Waals surface area (Å²) in [5.74, 6) is 0. The van der Waals surface area contributed by atoms with Gasteiger partial charge in [-0.1, -0.05) is 0 Å². The minimum atomic E-state index is -0.408. The van der Waals surface area contributed by atoms with E-state index in [1.54, 1.807) is 31.3 Å². The second-order valence-corrected chi connectivity index (χ2v) is 45.4. The summed E-state index contributed by atoms with van der Waals surface area (Å²) in [6.07, 6.45) is 0. The van der Waals surface area contributed by atoms with Crippen LogP contribution in [0.2, 0.25) is 99.8 Å². The molecule has 0 amide bonds. The van der Waals surface area contributed by atoms with Gasteiger partial charge in [-0.05, 0) is 0 Å². The zero-order valence-corrected chi connectivity index (χ0v) is 33.1. The van der Waals surface area contributed by atoms with Crippen molar-refractivity contribution in [2.75, 3.05) is 0 Å². The molecule has 0 aliphatic rings. The molecule has 0 nitrogen and oxygen atoms in total. The molecule has 0 aromatic carbocycles. The van der Waals surface area contributed by atoms with Crippen LogP contribution in [0, 0.1) is 0 Å². The fourth-order valence-corrected chi connectivity index (χ4v) is 40.5. The fourth-order valence-electron chi connectivity index (χ4n) is 1.50. The first-order valence-electron chi connectivity index (χ1n) is 9.62. The molecule has 0 atom stereocenters. The molecule has 0 aromatic rings. The van der Waals surface area contributed by atoms with Crippen LogP contribution in [0.4, 0.5) is 0 Å². The molecular weight excluding hydrogens is 724 g/mol. The molecule has 0 fully saturated rings. The van der Waals surface area contributed by atoms with Crippen molar-refractivity contribution in [1.82, 2.24) is 0 Å². The van der Waals surface area contributed by atoms with Crippen molar-refractivity contribution in [3.8, 4) is 0 Å². The smallest absolute Gasteiger partial charge is 0 e. The first-order chi connectivity index (χ1) is 10.9. The normalized spacial score (nSPS) is 10.8. The van der Waals surface area contributed by atoms with E-state index in [1.165, 1.54) is 0 Å². The molecule has 0 heterocycles. The van der Waals surface area contributed by atoms with Gasteiger partial charge in [-0.3, -0.25) is 0 Å². The maximum atomic E-state index is 2.47. The van der Waals surface area contributed by atoms with Gasteiger partial charge in [0.2, 0.25) is 0 Å². The van der Waals surface area contributed by atoms with E-state index in [0.717, 1.165) is 0 Å². The molecule has 0 aliphatic carbocycles. The molecule has 25 heavy (non-hydrogen) atoms. The van der Waals surface area contributed by atoms with E-state index >= 15 is 0 Å². The Morgan fingerprint density at radius 2 is 0.360 bits per heavy atom. The summed E-state index contributed by atoms with van der Waals surface area (Å²) in [5, 5.41) is 9.76. The zero-order chi connectivity index (χ0) is 19.7. The van der Waals surface area contributed by atoms with Crippen LogP contribution in [0.5, 0.6) is 0 Å². The molecule has 0 rings (SSSR count). The SMILES string of the molecule is C[AsH](C)CC[AsH](C)C.C[AsH](C)CC[AsH](C)C.C[AsH](C)CC[AsH](C)C.[Ni]. The minimum absolute atomic E-state index is 0. The van der Waals surface area contributed by atoms with Crippen LogP contribution in [-0.2, 0) is 16.5 Å². The van der Waals surface area contributed by atoms with Gasteiger partial charge in [-0.25, -0.2) is 0 Å². The van der Waals surface area contributed by atoms with Gasteiger partial charge >= 0.3 is 188 Å². The molecule has 0 unspecified atom stereocenters. The van der Waals surface area contributed by atoms with E-state index < -0.39 is 87.9 Å². The molecule has 0 aliphatic heterocycles. The van der Waals surface area contributed by atoms with E-state index in [1.807, 2.05) is 0 Å². The Hall–Kier alpha value is 3.84. The van der Waals surface area contributed by atoms with Gasteiger partial charge in [-0.15, -0.1) is 0 Å². The maximum absolute atomic E-state index is 2.47. The Balaban J connectivity index is -0.000000130. The van der Waals surface area contributed by atoms with Crippen LogP contribution in [0.15, 0.2) is 0 Å². The average Bonchev–Trinajstić information content (AvgIpc) is 2.42. The fraction of sp³-hybridized carbons (Fsp3) is 1.00. The van der Waals surface area contributed by atoms with Crippen molar-refractivity contribution < 1.29 is 16.5 Å². The second-order valence-electron chi connectivity index (χ2n) is 8.74. The molecule has 0 bridgehead atoms. The summed E-state index contributed by atoms with van der Waals surface area (Å²) < 4.78 is 0. The molecule has 0 spiro atoms. The third-order valence-electron chi connectivity index (χ3n) is 3.37. The topological polar surface area (TPSA) is 0 Å². The monoisotopic (exact) mass is 778 g/mol. The summed E-state index contributed by atoms with van der Waals surface area (Å²) in [6.45, 7) is 0. The van der Waals surface area contributed by atoms with Crippen molar-refractivity contribution in [3.63, 3.8) is 0 Å². The van der Waals surface area contributed by atoms with Crippen LogP contribution < -0.4 is 0 Å². The van der Waals surface area contributed by atoms with Crippen molar-refractivity contribution in [3.05, 3.63) is 0 Å². The van der Waals surface area contributed by atoms with E-state index in [-0.39, 0.29) is 16.5 Å². The number of hydrogen-bond donors (Lipinski definition) is 0. The van der Waals surface area contributed by atoms with Crippen LogP contribution in [-0.4, -0.2) is 87.9 Å². The van der Waals surface area contributed by atoms with Gasteiger partial charge in [0.15, 0.2) is 0 Å². The summed E-state index contributed by atoms with van der Waals surface area (Å²) in [7, 11) is 0. The van der Waals surface area contributed by atoms with Gasteiger partial charge in [0, 0.05) is 16.5 Å². The third kappa shape index (κ3) is 52.4. The quantitative estimate of drug-likeness (QED) is 0.257. The zero-order valence-electron chi connectivity index (χ0n) is 19.6. The Morgan fingerprint density at radius 3 is 0.400 bits per heavy atom. The minimum Gasteiger partial charge on any atom is 0 e. The Labute approximate surface area is 201 Å². The molecule has 0 N–H and O–H groups in total. The van der Waals surface area contributed by atoms with Crippen LogP contribution >= 0.6 is 0 Å². The second kappa shape index (κ2) is 25.9.